The summed E-state index contributed by atoms with van der Waals surface area (Å²) >= 11 is 0. The van der Waals surface area contributed by atoms with Crippen LogP contribution in [0.4, 0.5) is 13.2 Å². The molecule has 116 valence electrons. The van der Waals surface area contributed by atoms with Crippen molar-refractivity contribution >= 4 is 0 Å². The molecule has 1 aliphatic carbocycles. The monoisotopic (exact) mass is 296 g/mol. The van der Waals surface area contributed by atoms with E-state index >= 15 is 0 Å². The van der Waals surface area contributed by atoms with Crippen LogP contribution in [0.5, 0.6) is 0 Å². The van der Waals surface area contributed by atoms with Gasteiger partial charge in [-0.25, -0.2) is 8.78 Å². The Morgan fingerprint density at radius 1 is 1.05 bits per heavy atom. The highest BCUT2D eigenvalue weighted by Gasteiger charge is 2.19. The number of aryl methyl sites for hydroxylation is 1. The zero-order valence-electron chi connectivity index (χ0n) is 12.3. The summed E-state index contributed by atoms with van der Waals surface area (Å²) in [6.45, 7) is -0.278. The van der Waals surface area contributed by atoms with Gasteiger partial charge in [-0.3, -0.25) is 4.39 Å². The van der Waals surface area contributed by atoms with Gasteiger partial charge >= 0.3 is 0 Å². The maximum absolute atomic E-state index is 13.1. The van der Waals surface area contributed by atoms with Crippen LogP contribution < -0.4 is 0 Å². The fourth-order valence-electron chi connectivity index (χ4n) is 3.09. The lowest BCUT2D eigenvalue weighted by Crippen LogP contribution is -2.13. The molecular formula is C18H23F3. The van der Waals surface area contributed by atoms with Crippen molar-refractivity contribution in [1.29, 1.82) is 0 Å². The van der Waals surface area contributed by atoms with Gasteiger partial charge in [0.05, 0.1) is 6.67 Å². The van der Waals surface area contributed by atoms with Crippen molar-refractivity contribution in [3.8, 4) is 0 Å². The van der Waals surface area contributed by atoms with E-state index in [9.17, 15) is 13.2 Å². The molecule has 0 bridgehead atoms. The topological polar surface area (TPSA) is 0 Å². The highest BCUT2D eigenvalue weighted by molar-refractivity contribution is 5.17. The summed E-state index contributed by atoms with van der Waals surface area (Å²) in [6.07, 6.45) is 11.1. The van der Waals surface area contributed by atoms with Gasteiger partial charge in [-0.05, 0) is 74.5 Å². The molecule has 3 heteroatoms. The lowest BCUT2D eigenvalue weighted by Gasteiger charge is -2.26. The summed E-state index contributed by atoms with van der Waals surface area (Å²) in [6, 6.07) is 4.18. The largest absolute Gasteiger partial charge is 0.251 e. The van der Waals surface area contributed by atoms with Gasteiger partial charge in [-0.1, -0.05) is 18.2 Å². The van der Waals surface area contributed by atoms with Crippen molar-refractivity contribution in [1.82, 2.24) is 0 Å². The lowest BCUT2D eigenvalue weighted by atomic mass is 9.79. The fourth-order valence-corrected chi connectivity index (χ4v) is 3.09. The van der Waals surface area contributed by atoms with E-state index in [4.69, 9.17) is 0 Å². The van der Waals surface area contributed by atoms with Crippen LogP contribution in [0.1, 0.15) is 44.1 Å². The summed E-state index contributed by atoms with van der Waals surface area (Å²) in [5.74, 6) is -0.270. The first-order valence-corrected chi connectivity index (χ1v) is 7.85. The quantitative estimate of drug-likeness (QED) is 0.598. The highest BCUT2D eigenvalue weighted by Crippen LogP contribution is 2.32. The van der Waals surface area contributed by atoms with Crippen LogP contribution in [0.15, 0.2) is 30.4 Å². The normalized spacial score (nSPS) is 22.8. The first kappa shape index (κ1) is 16.1. The van der Waals surface area contributed by atoms with Crippen LogP contribution in [0, 0.1) is 23.5 Å². The number of halogens is 3. The number of allylic oxidation sites excluding steroid dienone is 2. The summed E-state index contributed by atoms with van der Waals surface area (Å²) in [4.78, 5) is 0. The molecule has 0 radical (unpaired) electrons. The average molecular weight is 296 g/mol. The summed E-state index contributed by atoms with van der Waals surface area (Å²) in [5, 5.41) is 0. The Balaban J connectivity index is 1.72. The molecule has 0 N–H and O–H groups in total. The average Bonchev–Trinajstić information content (AvgIpc) is 2.50. The van der Waals surface area contributed by atoms with Gasteiger partial charge in [0.25, 0.3) is 0 Å². The van der Waals surface area contributed by atoms with Gasteiger partial charge in [0, 0.05) is 0 Å². The maximum Gasteiger partial charge on any atom is 0.159 e. The number of hydrogen-bond donors (Lipinski definition) is 0. The zero-order chi connectivity index (χ0) is 15.1. The molecule has 1 aromatic rings. The predicted molar refractivity (Wildman–Crippen MR) is 79.9 cm³/mol. The van der Waals surface area contributed by atoms with E-state index in [1.807, 2.05) is 6.08 Å². The molecule has 1 aliphatic rings. The maximum atomic E-state index is 13.1. The van der Waals surface area contributed by atoms with Crippen molar-refractivity contribution in [3.63, 3.8) is 0 Å². The Bertz CT molecular complexity index is 460. The van der Waals surface area contributed by atoms with Gasteiger partial charge in [0.1, 0.15) is 0 Å². The Hall–Kier alpha value is -1.25. The lowest BCUT2D eigenvalue weighted by molar-refractivity contribution is 0.295. The molecule has 0 amide bonds. The van der Waals surface area contributed by atoms with Crippen LogP contribution >= 0.6 is 0 Å². The van der Waals surface area contributed by atoms with E-state index in [1.54, 1.807) is 6.07 Å². The number of hydrogen-bond acceptors (Lipinski definition) is 0. The van der Waals surface area contributed by atoms with Gasteiger partial charge in [-0.15, -0.1) is 0 Å². The number of rotatable bonds is 6. The van der Waals surface area contributed by atoms with Crippen LogP contribution in [0.25, 0.3) is 0 Å². The Kier molecular flexibility index (Phi) is 6.34. The van der Waals surface area contributed by atoms with Gasteiger partial charge in [0.15, 0.2) is 11.6 Å². The first-order valence-electron chi connectivity index (χ1n) is 7.85. The number of alkyl halides is 1. The number of benzene rings is 1. The Labute approximate surface area is 125 Å². The van der Waals surface area contributed by atoms with Crippen molar-refractivity contribution in [2.45, 2.75) is 44.9 Å². The second kappa shape index (κ2) is 8.26. The molecule has 0 unspecified atom stereocenters. The SMILES string of the molecule is FCC/C=C/C1CCC(CCc2ccc(F)c(F)c2)CC1. The van der Waals surface area contributed by atoms with Crippen LogP contribution in [0.2, 0.25) is 0 Å². The van der Waals surface area contributed by atoms with Gasteiger partial charge in [-0.2, -0.15) is 0 Å². The third-order valence-electron chi connectivity index (χ3n) is 4.40. The standard InChI is InChI=1S/C18H23F3/c19-12-2-1-3-14-4-6-15(7-5-14)8-9-16-10-11-17(20)18(21)13-16/h1,3,10-11,13-15H,2,4-9,12H2/b3-1+. The van der Waals surface area contributed by atoms with E-state index in [1.165, 1.54) is 25.0 Å². The van der Waals surface area contributed by atoms with Gasteiger partial charge < -0.3 is 0 Å². The van der Waals surface area contributed by atoms with E-state index in [2.05, 4.69) is 6.08 Å². The zero-order valence-corrected chi connectivity index (χ0v) is 12.3. The molecule has 0 atom stereocenters. The molecule has 0 spiro atoms. The molecule has 1 saturated carbocycles. The molecule has 1 aromatic carbocycles. The van der Waals surface area contributed by atoms with E-state index < -0.39 is 11.6 Å². The molecule has 0 heterocycles. The minimum Gasteiger partial charge on any atom is -0.251 e. The fraction of sp³-hybridized carbons (Fsp3) is 0.556. The molecule has 1 fully saturated rings. The van der Waals surface area contributed by atoms with Crippen molar-refractivity contribution < 1.29 is 13.2 Å². The molecule has 2 rings (SSSR count). The van der Waals surface area contributed by atoms with Gasteiger partial charge in [0.2, 0.25) is 0 Å². The van der Waals surface area contributed by atoms with Crippen LogP contribution in [-0.2, 0) is 6.42 Å². The molecule has 0 nitrogen and oxygen atoms in total. The minimum atomic E-state index is -0.778. The molecule has 0 aliphatic heterocycles. The van der Waals surface area contributed by atoms with Crippen molar-refractivity contribution in [2.75, 3.05) is 6.67 Å². The second-order valence-electron chi connectivity index (χ2n) is 5.97. The van der Waals surface area contributed by atoms with Crippen LogP contribution in [-0.4, -0.2) is 6.67 Å². The Morgan fingerprint density at radius 2 is 1.81 bits per heavy atom. The first-order chi connectivity index (χ1) is 10.2. The second-order valence-corrected chi connectivity index (χ2v) is 5.97. The third kappa shape index (κ3) is 5.22. The summed E-state index contributed by atoms with van der Waals surface area (Å²) in [5.41, 5.74) is 0.874. The van der Waals surface area contributed by atoms with Crippen LogP contribution in [0.3, 0.4) is 0 Å². The third-order valence-corrected chi connectivity index (χ3v) is 4.40. The summed E-state index contributed by atoms with van der Waals surface area (Å²) < 4.78 is 38.0. The molecule has 0 aromatic heterocycles. The molecule has 21 heavy (non-hydrogen) atoms. The van der Waals surface area contributed by atoms with Crippen molar-refractivity contribution in [2.24, 2.45) is 11.8 Å². The summed E-state index contributed by atoms with van der Waals surface area (Å²) in [7, 11) is 0. The Morgan fingerprint density at radius 3 is 2.48 bits per heavy atom. The molecular weight excluding hydrogens is 273 g/mol. The highest BCUT2D eigenvalue weighted by atomic mass is 19.2. The minimum absolute atomic E-state index is 0.278. The van der Waals surface area contributed by atoms with E-state index in [-0.39, 0.29) is 6.67 Å². The van der Waals surface area contributed by atoms with Crippen molar-refractivity contribution in [3.05, 3.63) is 47.5 Å². The molecule has 0 saturated heterocycles. The predicted octanol–water partition coefficient (Wildman–Crippen LogP) is 5.62. The van der Waals surface area contributed by atoms with E-state index in [0.29, 0.717) is 18.3 Å². The smallest absolute Gasteiger partial charge is 0.159 e. The van der Waals surface area contributed by atoms with E-state index in [0.717, 1.165) is 31.2 Å².